The van der Waals surface area contributed by atoms with Gasteiger partial charge in [0.2, 0.25) is 0 Å². The Morgan fingerprint density at radius 2 is 1.14 bits per heavy atom. The zero-order valence-electron chi connectivity index (χ0n) is 11.6. The number of aromatic nitrogens is 4. The Morgan fingerprint density at radius 3 is 1.55 bits per heavy atom. The lowest BCUT2D eigenvalue weighted by Gasteiger charge is -2.16. The smallest absolute Gasteiger partial charge is 0.143 e. The fourth-order valence-electron chi connectivity index (χ4n) is 1.86. The predicted octanol–water partition coefficient (Wildman–Crippen LogP) is -2.59. The molecule has 0 aromatic carbocycles. The van der Waals surface area contributed by atoms with Crippen LogP contribution >= 0.6 is 7.92 Å². The van der Waals surface area contributed by atoms with Gasteiger partial charge in [-0.3, -0.25) is 19.9 Å². The van der Waals surface area contributed by atoms with Gasteiger partial charge in [-0.1, -0.05) is 23.1 Å². The van der Waals surface area contributed by atoms with Crippen LogP contribution in [0.3, 0.4) is 0 Å². The maximum atomic E-state index is 5.71. The monoisotopic (exact) mass is 296 g/mol. The number of hydrogen-bond acceptors (Lipinski definition) is 4. The highest BCUT2D eigenvalue weighted by Gasteiger charge is 2.20. The Labute approximate surface area is 133 Å². The van der Waals surface area contributed by atoms with Crippen LogP contribution in [-0.2, 0) is 0 Å². The molecule has 0 saturated heterocycles. The van der Waals surface area contributed by atoms with Crippen LogP contribution in [0.15, 0.2) is 49.1 Å². The highest BCUT2D eigenvalue weighted by Crippen LogP contribution is 2.28. The maximum Gasteiger partial charge on any atom is 0.143 e. The standard InChI is InChI=1S/C14H8B3N4P/c15-9-1-3-12(19-5-9)22(13-4-2-10(16)6-20-13)14-8-18-11(17)7-21-14/h1-8H. The van der Waals surface area contributed by atoms with Gasteiger partial charge in [-0.25, -0.2) is 0 Å². The second-order valence-corrected chi connectivity index (χ2v) is 6.58. The Kier molecular flexibility index (Phi) is 4.35. The maximum absolute atomic E-state index is 5.71. The van der Waals surface area contributed by atoms with Crippen LogP contribution in [0.5, 0.6) is 0 Å². The first-order valence-electron chi connectivity index (χ1n) is 6.44. The largest absolute Gasteiger partial charge is 0.269 e. The predicted molar refractivity (Wildman–Crippen MR) is 92.5 cm³/mol. The molecule has 6 radical (unpaired) electrons. The Morgan fingerprint density at radius 1 is 0.591 bits per heavy atom. The molecule has 3 heterocycles. The van der Waals surface area contributed by atoms with Crippen LogP contribution in [0.25, 0.3) is 0 Å². The fourth-order valence-corrected chi connectivity index (χ4v) is 3.70. The molecule has 4 nitrogen and oxygen atoms in total. The molecule has 3 rings (SSSR count). The number of rotatable bonds is 3. The number of pyridine rings is 2. The van der Waals surface area contributed by atoms with Crippen LogP contribution in [0.4, 0.5) is 0 Å². The van der Waals surface area contributed by atoms with Crippen molar-refractivity contribution in [2.45, 2.75) is 0 Å². The lowest BCUT2D eigenvalue weighted by atomic mass is 9.99. The molecule has 0 amide bonds. The van der Waals surface area contributed by atoms with Gasteiger partial charge >= 0.3 is 0 Å². The quantitative estimate of drug-likeness (QED) is 0.393. The second-order valence-electron chi connectivity index (χ2n) is 4.53. The second kappa shape index (κ2) is 6.41. The van der Waals surface area contributed by atoms with E-state index in [0.29, 0.717) is 16.5 Å². The molecule has 0 atom stereocenters. The summed E-state index contributed by atoms with van der Waals surface area (Å²) in [5.41, 5.74) is 4.01. The third-order valence-electron chi connectivity index (χ3n) is 2.89. The molecule has 8 heteroatoms. The lowest BCUT2D eigenvalue weighted by molar-refractivity contribution is 1.29. The first-order valence-corrected chi connectivity index (χ1v) is 7.78. The van der Waals surface area contributed by atoms with E-state index in [9.17, 15) is 0 Å². The van der Waals surface area contributed by atoms with E-state index in [-0.39, 0.29) is 0 Å². The molecular weight excluding hydrogens is 288 g/mol. The fraction of sp³-hybridized carbons (Fsp3) is 0. The van der Waals surface area contributed by atoms with Gasteiger partial charge in [-0.05, 0) is 12.1 Å². The summed E-state index contributed by atoms with van der Waals surface area (Å²) in [6.07, 6.45) is 6.41. The minimum Gasteiger partial charge on any atom is -0.269 e. The first-order chi connectivity index (χ1) is 10.6. The Hall–Kier alpha value is -2.00. The van der Waals surface area contributed by atoms with Crippen molar-refractivity contribution in [3.8, 4) is 0 Å². The summed E-state index contributed by atoms with van der Waals surface area (Å²) < 4.78 is 0. The molecule has 98 valence electrons. The molecule has 0 aliphatic rings. The topological polar surface area (TPSA) is 51.6 Å². The Bertz CT molecular complexity index is 655. The molecule has 22 heavy (non-hydrogen) atoms. The van der Waals surface area contributed by atoms with E-state index in [2.05, 4.69) is 19.9 Å². The molecule has 0 saturated carbocycles. The molecular formula is C14H8B3N4P. The first kappa shape index (κ1) is 14.9. The van der Waals surface area contributed by atoms with Crippen LogP contribution < -0.4 is 32.8 Å². The van der Waals surface area contributed by atoms with Crippen molar-refractivity contribution < 1.29 is 0 Å². The average molecular weight is 296 g/mol. The third-order valence-corrected chi connectivity index (χ3v) is 5.02. The Balaban J connectivity index is 2.10. The zero-order chi connectivity index (χ0) is 15.5. The third kappa shape index (κ3) is 3.25. The summed E-state index contributed by atoms with van der Waals surface area (Å²) in [6.45, 7) is 0. The van der Waals surface area contributed by atoms with Gasteiger partial charge in [0, 0.05) is 32.1 Å². The van der Waals surface area contributed by atoms with Gasteiger partial charge in [0.1, 0.15) is 23.5 Å². The van der Waals surface area contributed by atoms with Gasteiger partial charge in [0.25, 0.3) is 0 Å². The van der Waals surface area contributed by atoms with Crippen molar-refractivity contribution in [3.63, 3.8) is 0 Å². The molecule has 0 N–H and O–H groups in total. The van der Waals surface area contributed by atoms with Gasteiger partial charge in [0.05, 0.1) is 22.5 Å². The number of nitrogens with zero attached hydrogens (tertiary/aromatic N) is 4. The van der Waals surface area contributed by atoms with Crippen molar-refractivity contribution in [2.24, 2.45) is 0 Å². The van der Waals surface area contributed by atoms with Gasteiger partial charge < -0.3 is 0 Å². The van der Waals surface area contributed by atoms with Crippen molar-refractivity contribution in [2.75, 3.05) is 0 Å². The summed E-state index contributed by atoms with van der Waals surface area (Å²) in [5.74, 6) is 0. The van der Waals surface area contributed by atoms with E-state index < -0.39 is 7.92 Å². The molecule has 3 aromatic rings. The van der Waals surface area contributed by atoms with Crippen LogP contribution in [0.1, 0.15) is 0 Å². The molecule has 3 aromatic heterocycles. The van der Waals surface area contributed by atoms with E-state index in [0.717, 1.165) is 16.3 Å². The molecule has 0 aliphatic carbocycles. The van der Waals surface area contributed by atoms with E-state index in [1.165, 1.54) is 6.20 Å². The van der Waals surface area contributed by atoms with Crippen LogP contribution in [0.2, 0.25) is 0 Å². The van der Waals surface area contributed by atoms with Crippen molar-refractivity contribution in [3.05, 3.63) is 49.1 Å². The van der Waals surface area contributed by atoms with Crippen LogP contribution in [0, 0.1) is 0 Å². The zero-order valence-corrected chi connectivity index (χ0v) is 12.5. The summed E-state index contributed by atoms with van der Waals surface area (Å²) in [4.78, 5) is 17.3. The van der Waals surface area contributed by atoms with Gasteiger partial charge in [0.15, 0.2) is 0 Å². The van der Waals surface area contributed by atoms with Crippen molar-refractivity contribution in [1.82, 2.24) is 19.9 Å². The minimum atomic E-state index is -1.05. The highest BCUT2D eigenvalue weighted by molar-refractivity contribution is 7.79. The van der Waals surface area contributed by atoms with E-state index in [4.69, 9.17) is 23.5 Å². The summed E-state index contributed by atoms with van der Waals surface area (Å²) >= 11 is 0. The van der Waals surface area contributed by atoms with Crippen LogP contribution in [-0.4, -0.2) is 43.5 Å². The summed E-state index contributed by atoms with van der Waals surface area (Å²) in [5, 5.41) is 0. The van der Waals surface area contributed by atoms with Crippen molar-refractivity contribution in [1.29, 1.82) is 0 Å². The molecule has 0 fully saturated rings. The van der Waals surface area contributed by atoms with E-state index in [1.807, 2.05) is 12.1 Å². The summed E-state index contributed by atoms with van der Waals surface area (Å²) in [6, 6.07) is 7.35. The van der Waals surface area contributed by atoms with Crippen molar-refractivity contribution >= 4 is 64.3 Å². The molecule has 0 unspecified atom stereocenters. The SMILES string of the molecule is [B]c1ccc(P(c2ccc([B])cn2)c2cnc([B])cn2)nc1. The van der Waals surface area contributed by atoms with Gasteiger partial charge in [-0.2, -0.15) is 0 Å². The molecule has 0 bridgehead atoms. The lowest BCUT2D eigenvalue weighted by Crippen LogP contribution is -2.30. The molecule has 0 spiro atoms. The number of hydrogen-bond donors (Lipinski definition) is 0. The normalized spacial score (nSPS) is 10.8. The molecule has 0 aliphatic heterocycles. The van der Waals surface area contributed by atoms with Gasteiger partial charge in [-0.15, -0.1) is 0 Å². The average Bonchev–Trinajstić information content (AvgIpc) is 2.53. The highest BCUT2D eigenvalue weighted by atomic mass is 31.1. The van der Waals surface area contributed by atoms with E-state index in [1.54, 1.807) is 30.7 Å². The minimum absolute atomic E-state index is 0.370. The summed E-state index contributed by atoms with van der Waals surface area (Å²) in [7, 11) is 16.0. The van der Waals surface area contributed by atoms with E-state index >= 15 is 0 Å².